The van der Waals surface area contributed by atoms with Crippen molar-refractivity contribution < 1.29 is 9.53 Å². The Morgan fingerprint density at radius 1 is 1.14 bits per heavy atom. The molecular formula is C25H21N5O3S2. The van der Waals surface area contributed by atoms with E-state index in [9.17, 15) is 9.59 Å². The maximum absolute atomic E-state index is 12.3. The van der Waals surface area contributed by atoms with E-state index in [4.69, 9.17) is 4.74 Å². The van der Waals surface area contributed by atoms with Crippen LogP contribution in [0, 0.1) is 0 Å². The van der Waals surface area contributed by atoms with E-state index in [1.54, 1.807) is 17.7 Å². The molecule has 2 aromatic carbocycles. The molecule has 1 amide bonds. The van der Waals surface area contributed by atoms with Gasteiger partial charge < -0.3 is 20.4 Å². The predicted octanol–water partition coefficient (Wildman–Crippen LogP) is 5.12. The molecule has 1 unspecified atom stereocenters. The van der Waals surface area contributed by atoms with Crippen molar-refractivity contribution in [2.24, 2.45) is 0 Å². The molecule has 0 saturated heterocycles. The highest BCUT2D eigenvalue weighted by molar-refractivity contribution is 7.19. The lowest BCUT2D eigenvalue weighted by atomic mass is 9.94. The second-order valence-electron chi connectivity index (χ2n) is 8.37. The van der Waals surface area contributed by atoms with Crippen LogP contribution in [0.3, 0.4) is 0 Å². The number of fused-ring (bicyclic) bond motifs is 4. The number of carbonyl (C=O) groups excluding carboxylic acids is 1. The van der Waals surface area contributed by atoms with Crippen molar-refractivity contribution in [1.82, 2.24) is 20.3 Å². The second kappa shape index (κ2) is 9.12. The van der Waals surface area contributed by atoms with Crippen LogP contribution in [-0.4, -0.2) is 27.1 Å². The number of thiazole rings is 1. The number of benzene rings is 2. The van der Waals surface area contributed by atoms with Gasteiger partial charge in [-0.15, -0.1) is 11.3 Å². The molecule has 3 aromatic heterocycles. The molecule has 176 valence electrons. The number of carbonyl (C=O) groups is 1. The van der Waals surface area contributed by atoms with Gasteiger partial charge in [0.05, 0.1) is 15.6 Å². The number of aryl methyl sites for hydroxylation is 1. The van der Waals surface area contributed by atoms with Gasteiger partial charge in [0.1, 0.15) is 23.1 Å². The van der Waals surface area contributed by atoms with Gasteiger partial charge in [-0.1, -0.05) is 41.7 Å². The Bertz CT molecular complexity index is 1590. The first kappa shape index (κ1) is 21.8. The number of amides is 1. The van der Waals surface area contributed by atoms with Crippen LogP contribution in [-0.2, 0) is 24.1 Å². The summed E-state index contributed by atoms with van der Waals surface area (Å²) >= 11 is 2.81. The summed E-state index contributed by atoms with van der Waals surface area (Å²) in [5, 5.41) is 7.26. The molecule has 35 heavy (non-hydrogen) atoms. The van der Waals surface area contributed by atoms with Crippen molar-refractivity contribution in [3.05, 3.63) is 80.5 Å². The zero-order valence-corrected chi connectivity index (χ0v) is 20.2. The number of H-pyrrole nitrogens is 1. The Morgan fingerprint density at radius 3 is 2.91 bits per heavy atom. The number of nitrogens with zero attached hydrogens (tertiary/aromatic N) is 2. The largest absolute Gasteiger partial charge is 0.446 e. The second-order valence-corrected chi connectivity index (χ2v) is 10.5. The molecule has 8 nitrogen and oxygen atoms in total. The Labute approximate surface area is 208 Å². The van der Waals surface area contributed by atoms with Crippen molar-refractivity contribution in [3.63, 3.8) is 0 Å². The molecule has 1 aliphatic rings. The van der Waals surface area contributed by atoms with Gasteiger partial charge in [0.15, 0.2) is 0 Å². The van der Waals surface area contributed by atoms with Crippen LogP contribution >= 0.6 is 22.7 Å². The average Bonchev–Trinajstić information content (AvgIpc) is 3.42. The van der Waals surface area contributed by atoms with Gasteiger partial charge in [-0.05, 0) is 42.2 Å². The lowest BCUT2D eigenvalue weighted by molar-refractivity contribution is 0.0899. The summed E-state index contributed by atoms with van der Waals surface area (Å²) in [6.45, 7) is 0.441. The zero-order chi connectivity index (χ0) is 23.8. The van der Waals surface area contributed by atoms with E-state index < -0.39 is 6.09 Å². The molecule has 0 spiro atoms. The fraction of sp³-hybridized carbons (Fsp3) is 0.200. The first-order valence-corrected chi connectivity index (χ1v) is 12.9. The van der Waals surface area contributed by atoms with Gasteiger partial charge in [0, 0.05) is 23.5 Å². The Kier molecular flexibility index (Phi) is 5.67. The monoisotopic (exact) mass is 503 g/mol. The Morgan fingerprint density at radius 2 is 2.03 bits per heavy atom. The molecule has 0 fully saturated rings. The van der Waals surface area contributed by atoms with Crippen molar-refractivity contribution in [2.45, 2.75) is 31.9 Å². The lowest BCUT2D eigenvalue weighted by Crippen LogP contribution is -2.31. The van der Waals surface area contributed by atoms with Crippen molar-refractivity contribution in [2.75, 3.05) is 5.32 Å². The zero-order valence-electron chi connectivity index (χ0n) is 18.5. The Balaban J connectivity index is 1.18. The summed E-state index contributed by atoms with van der Waals surface area (Å²) in [6.07, 6.45) is 3.19. The van der Waals surface area contributed by atoms with Crippen LogP contribution in [0.1, 0.15) is 22.4 Å². The summed E-state index contributed by atoms with van der Waals surface area (Å²) in [6, 6.07) is 15.5. The van der Waals surface area contributed by atoms with E-state index >= 15 is 0 Å². The third-order valence-electron chi connectivity index (χ3n) is 6.04. The minimum atomic E-state index is -0.395. The molecule has 5 aromatic rings. The number of thiophene rings is 1. The fourth-order valence-corrected chi connectivity index (χ4v) is 6.43. The predicted molar refractivity (Wildman–Crippen MR) is 139 cm³/mol. The third-order valence-corrected chi connectivity index (χ3v) is 8.04. The minimum absolute atomic E-state index is 0.0704. The molecule has 1 atom stereocenters. The quantitative estimate of drug-likeness (QED) is 0.307. The maximum atomic E-state index is 12.3. The van der Waals surface area contributed by atoms with Gasteiger partial charge in [-0.25, -0.2) is 14.8 Å². The highest BCUT2D eigenvalue weighted by atomic mass is 32.1. The van der Waals surface area contributed by atoms with Crippen molar-refractivity contribution in [3.8, 4) is 0 Å². The van der Waals surface area contributed by atoms with E-state index in [2.05, 4.69) is 25.6 Å². The SMILES string of the molecule is O=C(NCc1ccccc1)OC1CCc2c(sc3ncnc(Nc4ccc5[nH]c(=O)sc5c4)c23)C1. The summed E-state index contributed by atoms with van der Waals surface area (Å²) in [5.41, 5.74) is 3.93. The molecule has 3 N–H and O–H groups in total. The van der Waals surface area contributed by atoms with Crippen LogP contribution in [0.25, 0.3) is 20.4 Å². The minimum Gasteiger partial charge on any atom is -0.446 e. The Hall–Kier alpha value is -3.76. The van der Waals surface area contributed by atoms with Gasteiger partial charge in [0.2, 0.25) is 0 Å². The molecule has 0 bridgehead atoms. The van der Waals surface area contributed by atoms with Crippen LogP contribution in [0.4, 0.5) is 16.3 Å². The number of hydrogen-bond acceptors (Lipinski definition) is 8. The summed E-state index contributed by atoms with van der Waals surface area (Å²) in [7, 11) is 0. The standard InChI is InChI=1S/C25H21N5O3S2/c31-24(26-12-14-4-2-1-3-5-14)33-16-7-8-17-19(11-16)34-23-21(17)22(27-13-28-23)29-15-6-9-18-20(10-15)35-25(32)30-18/h1-6,9-10,13,16H,7-8,11-12H2,(H,26,31)(H,30,32)(H,27,28,29). The summed E-state index contributed by atoms with van der Waals surface area (Å²) in [4.78, 5) is 37.8. The summed E-state index contributed by atoms with van der Waals surface area (Å²) in [5.74, 6) is 0.745. The molecular weight excluding hydrogens is 482 g/mol. The smallest absolute Gasteiger partial charge is 0.407 e. The normalized spacial score (nSPS) is 15.1. The van der Waals surface area contributed by atoms with Crippen molar-refractivity contribution >= 4 is 60.7 Å². The number of aromatic amines is 1. The number of anilines is 2. The highest BCUT2D eigenvalue weighted by Gasteiger charge is 2.27. The average molecular weight is 504 g/mol. The first-order chi connectivity index (χ1) is 17.1. The molecule has 0 radical (unpaired) electrons. The fourth-order valence-electron chi connectivity index (χ4n) is 4.40. The number of hydrogen-bond donors (Lipinski definition) is 3. The number of alkyl carbamates (subject to hydrolysis) is 1. The first-order valence-electron chi connectivity index (χ1n) is 11.3. The van der Waals surface area contributed by atoms with E-state index in [0.29, 0.717) is 13.0 Å². The van der Waals surface area contributed by atoms with E-state index in [-0.39, 0.29) is 11.0 Å². The lowest BCUT2D eigenvalue weighted by Gasteiger charge is -2.23. The number of aromatic nitrogens is 3. The van der Waals surface area contributed by atoms with Crippen molar-refractivity contribution in [1.29, 1.82) is 0 Å². The molecule has 0 aliphatic heterocycles. The molecule has 10 heteroatoms. The van der Waals surface area contributed by atoms with Crippen LogP contribution in [0.2, 0.25) is 0 Å². The topological polar surface area (TPSA) is 109 Å². The third kappa shape index (κ3) is 4.50. The molecule has 0 saturated carbocycles. The number of nitrogens with one attached hydrogen (secondary N) is 3. The van der Waals surface area contributed by atoms with Crippen LogP contribution < -0.4 is 15.5 Å². The van der Waals surface area contributed by atoms with Gasteiger partial charge in [0.25, 0.3) is 0 Å². The van der Waals surface area contributed by atoms with Gasteiger partial charge >= 0.3 is 11.0 Å². The van der Waals surface area contributed by atoms with E-state index in [1.807, 2.05) is 48.5 Å². The van der Waals surface area contributed by atoms with Gasteiger partial charge in [-0.2, -0.15) is 0 Å². The van der Waals surface area contributed by atoms with E-state index in [1.165, 1.54) is 21.8 Å². The number of rotatable bonds is 5. The van der Waals surface area contributed by atoms with Crippen LogP contribution in [0.15, 0.2) is 59.7 Å². The summed E-state index contributed by atoms with van der Waals surface area (Å²) < 4.78 is 6.60. The van der Waals surface area contributed by atoms with E-state index in [0.717, 1.165) is 50.3 Å². The van der Waals surface area contributed by atoms with Crippen LogP contribution in [0.5, 0.6) is 0 Å². The molecule has 3 heterocycles. The van der Waals surface area contributed by atoms with Gasteiger partial charge in [-0.3, -0.25) is 4.79 Å². The molecule has 6 rings (SSSR count). The molecule has 1 aliphatic carbocycles. The maximum Gasteiger partial charge on any atom is 0.407 e. The number of ether oxygens (including phenoxy) is 1. The highest BCUT2D eigenvalue weighted by Crippen LogP contribution is 2.39.